The van der Waals surface area contributed by atoms with Crippen molar-refractivity contribution in [1.29, 1.82) is 0 Å². The minimum atomic E-state index is -0.0493. The molecule has 15 heavy (non-hydrogen) atoms. The highest BCUT2D eigenvalue weighted by Crippen LogP contribution is 2.26. The Labute approximate surface area is 93.3 Å². The molecule has 0 radical (unpaired) electrons. The summed E-state index contributed by atoms with van der Waals surface area (Å²) in [4.78, 5) is 0. The van der Waals surface area contributed by atoms with Crippen molar-refractivity contribution in [2.24, 2.45) is 10.9 Å². The van der Waals surface area contributed by atoms with Crippen LogP contribution in [0.2, 0.25) is 5.02 Å². The molecular formula is C10H13ClN2O2. The average Bonchev–Trinajstić information content (AvgIpc) is 2.25. The van der Waals surface area contributed by atoms with E-state index >= 15 is 0 Å². The number of rotatable bonds is 4. The molecule has 3 N–H and O–H groups in total. The average molecular weight is 229 g/mol. The number of ether oxygens (including phenoxy) is 1. The molecule has 1 rings (SSSR count). The van der Waals surface area contributed by atoms with E-state index in [1.54, 1.807) is 18.2 Å². The zero-order valence-corrected chi connectivity index (χ0v) is 9.16. The minimum absolute atomic E-state index is 0.0493. The number of hydrogen-bond acceptors (Lipinski definition) is 3. The Balaban J connectivity index is 3.09. The first kappa shape index (κ1) is 11.7. The van der Waals surface area contributed by atoms with Gasteiger partial charge >= 0.3 is 0 Å². The molecule has 0 fully saturated rings. The summed E-state index contributed by atoms with van der Waals surface area (Å²) in [7, 11) is 0. The number of hydrogen-bond donors (Lipinski definition) is 2. The second kappa shape index (κ2) is 5.46. The van der Waals surface area contributed by atoms with Gasteiger partial charge in [-0.25, -0.2) is 0 Å². The van der Waals surface area contributed by atoms with Crippen LogP contribution in [0.5, 0.6) is 5.75 Å². The Bertz CT molecular complexity index is 366. The summed E-state index contributed by atoms with van der Waals surface area (Å²) in [6.45, 7) is 2.56. The van der Waals surface area contributed by atoms with Crippen LogP contribution in [0, 0.1) is 0 Å². The molecule has 0 atom stereocenters. The quantitative estimate of drug-likeness (QED) is 0.359. The fourth-order valence-corrected chi connectivity index (χ4v) is 1.40. The molecule has 0 aliphatic carbocycles. The lowest BCUT2D eigenvalue weighted by atomic mass is 10.2. The number of nitrogens with two attached hydrogens (primary N) is 1. The van der Waals surface area contributed by atoms with Gasteiger partial charge in [0.25, 0.3) is 0 Å². The Hall–Kier alpha value is -1.42. The van der Waals surface area contributed by atoms with Gasteiger partial charge in [-0.15, -0.1) is 0 Å². The molecule has 0 aliphatic rings. The maximum atomic E-state index is 8.61. The molecule has 82 valence electrons. The van der Waals surface area contributed by atoms with E-state index in [-0.39, 0.29) is 5.84 Å². The largest absolute Gasteiger partial charge is 0.493 e. The lowest BCUT2D eigenvalue weighted by Gasteiger charge is -2.10. The van der Waals surface area contributed by atoms with Crippen LogP contribution < -0.4 is 10.5 Å². The van der Waals surface area contributed by atoms with Crippen molar-refractivity contribution < 1.29 is 9.94 Å². The number of halogens is 1. The van der Waals surface area contributed by atoms with E-state index in [1.165, 1.54) is 0 Å². The van der Waals surface area contributed by atoms with Crippen LogP contribution in [-0.2, 0) is 0 Å². The van der Waals surface area contributed by atoms with Gasteiger partial charge in [0.15, 0.2) is 5.84 Å². The Morgan fingerprint density at radius 3 is 2.93 bits per heavy atom. The lowest BCUT2D eigenvalue weighted by molar-refractivity contribution is 0.311. The van der Waals surface area contributed by atoms with Crippen LogP contribution in [-0.4, -0.2) is 17.6 Å². The molecule has 4 nitrogen and oxygen atoms in total. The fourth-order valence-electron chi connectivity index (χ4n) is 1.14. The van der Waals surface area contributed by atoms with Gasteiger partial charge in [-0.1, -0.05) is 29.7 Å². The third-order valence-corrected chi connectivity index (χ3v) is 2.12. The number of benzene rings is 1. The van der Waals surface area contributed by atoms with E-state index in [0.717, 1.165) is 6.42 Å². The standard InChI is InChI=1S/C10H13ClN2O2/c1-2-6-15-8-5-3-4-7(11)9(8)10(12)13-14/h3-5,14H,2,6H2,1H3,(H2,12,13). The Kier molecular flexibility index (Phi) is 4.24. The summed E-state index contributed by atoms with van der Waals surface area (Å²) >= 11 is 5.93. The zero-order valence-electron chi connectivity index (χ0n) is 8.40. The summed E-state index contributed by atoms with van der Waals surface area (Å²) in [5, 5.41) is 11.9. The summed E-state index contributed by atoms with van der Waals surface area (Å²) in [5.74, 6) is 0.478. The van der Waals surface area contributed by atoms with Gasteiger partial charge in [0.1, 0.15) is 5.75 Å². The zero-order chi connectivity index (χ0) is 11.3. The second-order valence-corrected chi connectivity index (χ2v) is 3.35. The summed E-state index contributed by atoms with van der Waals surface area (Å²) in [6, 6.07) is 5.14. The predicted octanol–water partition coefficient (Wildman–Crippen LogP) is 2.22. The predicted molar refractivity (Wildman–Crippen MR) is 59.7 cm³/mol. The van der Waals surface area contributed by atoms with Crippen LogP contribution in [0.25, 0.3) is 0 Å². The summed E-state index contributed by atoms with van der Waals surface area (Å²) in [6.07, 6.45) is 0.877. The van der Waals surface area contributed by atoms with Crippen molar-refractivity contribution in [3.63, 3.8) is 0 Å². The lowest BCUT2D eigenvalue weighted by Crippen LogP contribution is -2.15. The van der Waals surface area contributed by atoms with E-state index in [1.807, 2.05) is 6.92 Å². The van der Waals surface area contributed by atoms with Gasteiger partial charge in [0.05, 0.1) is 17.2 Å². The second-order valence-electron chi connectivity index (χ2n) is 2.95. The molecule has 0 saturated heterocycles. The van der Waals surface area contributed by atoms with Gasteiger partial charge in [-0.2, -0.15) is 0 Å². The molecule has 0 heterocycles. The number of nitrogens with zero attached hydrogens (tertiary/aromatic N) is 1. The molecular weight excluding hydrogens is 216 g/mol. The van der Waals surface area contributed by atoms with E-state index in [4.69, 9.17) is 27.3 Å². The third kappa shape index (κ3) is 2.76. The molecule has 5 heteroatoms. The highest BCUT2D eigenvalue weighted by atomic mass is 35.5. The first-order valence-corrected chi connectivity index (χ1v) is 4.97. The van der Waals surface area contributed by atoms with E-state index in [2.05, 4.69) is 5.16 Å². The SMILES string of the molecule is CCCOc1cccc(Cl)c1C(N)=NO. The van der Waals surface area contributed by atoms with Crippen LogP contribution in [0.1, 0.15) is 18.9 Å². The Morgan fingerprint density at radius 1 is 1.60 bits per heavy atom. The maximum absolute atomic E-state index is 8.61. The van der Waals surface area contributed by atoms with Crippen molar-refractivity contribution in [1.82, 2.24) is 0 Å². The van der Waals surface area contributed by atoms with E-state index in [0.29, 0.717) is 22.9 Å². The van der Waals surface area contributed by atoms with Crippen molar-refractivity contribution >= 4 is 17.4 Å². The molecule has 0 saturated carbocycles. The van der Waals surface area contributed by atoms with Gasteiger partial charge in [0.2, 0.25) is 0 Å². The highest BCUT2D eigenvalue weighted by molar-refractivity contribution is 6.34. The first-order valence-electron chi connectivity index (χ1n) is 4.60. The van der Waals surface area contributed by atoms with Crippen molar-refractivity contribution in [2.75, 3.05) is 6.61 Å². The monoisotopic (exact) mass is 228 g/mol. The molecule has 0 unspecified atom stereocenters. The molecule has 1 aromatic rings. The van der Waals surface area contributed by atoms with Gasteiger partial charge in [-0.05, 0) is 18.6 Å². The van der Waals surface area contributed by atoms with Gasteiger partial charge in [-0.3, -0.25) is 0 Å². The fraction of sp³-hybridized carbons (Fsp3) is 0.300. The van der Waals surface area contributed by atoms with Crippen molar-refractivity contribution in [3.8, 4) is 5.75 Å². The van der Waals surface area contributed by atoms with Crippen LogP contribution in [0.15, 0.2) is 23.4 Å². The molecule has 0 aromatic heterocycles. The molecule has 0 spiro atoms. The normalized spacial score (nSPS) is 11.5. The summed E-state index contributed by atoms with van der Waals surface area (Å²) in [5.41, 5.74) is 5.93. The minimum Gasteiger partial charge on any atom is -0.493 e. The smallest absolute Gasteiger partial charge is 0.175 e. The highest BCUT2D eigenvalue weighted by Gasteiger charge is 2.12. The van der Waals surface area contributed by atoms with Gasteiger partial charge in [0, 0.05) is 0 Å². The third-order valence-electron chi connectivity index (χ3n) is 1.80. The van der Waals surface area contributed by atoms with E-state index in [9.17, 15) is 0 Å². The molecule has 1 aromatic carbocycles. The van der Waals surface area contributed by atoms with Crippen molar-refractivity contribution in [3.05, 3.63) is 28.8 Å². The molecule has 0 bridgehead atoms. The van der Waals surface area contributed by atoms with E-state index < -0.39 is 0 Å². The van der Waals surface area contributed by atoms with Crippen LogP contribution in [0.4, 0.5) is 0 Å². The van der Waals surface area contributed by atoms with Gasteiger partial charge < -0.3 is 15.7 Å². The molecule has 0 amide bonds. The first-order chi connectivity index (χ1) is 7.20. The Morgan fingerprint density at radius 2 is 2.33 bits per heavy atom. The maximum Gasteiger partial charge on any atom is 0.175 e. The topological polar surface area (TPSA) is 67.8 Å². The van der Waals surface area contributed by atoms with Crippen LogP contribution >= 0.6 is 11.6 Å². The number of oxime groups is 1. The summed E-state index contributed by atoms with van der Waals surface area (Å²) < 4.78 is 5.43. The van der Waals surface area contributed by atoms with Crippen LogP contribution in [0.3, 0.4) is 0 Å². The molecule has 0 aliphatic heterocycles. The number of amidine groups is 1. The van der Waals surface area contributed by atoms with Crippen molar-refractivity contribution in [2.45, 2.75) is 13.3 Å².